The van der Waals surface area contributed by atoms with Crippen LogP contribution in [0.4, 0.5) is 0 Å². The number of nitrogens with zero attached hydrogens (tertiary/aromatic N) is 1. The molecule has 20 heavy (non-hydrogen) atoms. The molecular weight excluding hydrogens is 299 g/mol. The van der Waals surface area contributed by atoms with Crippen LogP contribution in [0.25, 0.3) is 0 Å². The number of hydrogen-bond acceptors (Lipinski definition) is 3. The summed E-state index contributed by atoms with van der Waals surface area (Å²) < 4.78 is 5.67. The maximum atomic E-state index is 8.75. The van der Waals surface area contributed by atoms with Crippen LogP contribution < -0.4 is 10.5 Å². The van der Waals surface area contributed by atoms with Gasteiger partial charge in [-0.05, 0) is 18.2 Å². The van der Waals surface area contributed by atoms with Crippen LogP contribution in [-0.4, -0.2) is 11.0 Å². The number of ether oxygens (including phenoxy) is 1. The third kappa shape index (κ3) is 3.15. The molecule has 3 N–H and O–H groups in total. The zero-order valence-electron chi connectivity index (χ0n) is 10.4. The summed E-state index contributed by atoms with van der Waals surface area (Å²) in [6.45, 7) is 0.231. The Morgan fingerprint density at radius 2 is 1.90 bits per heavy atom. The van der Waals surface area contributed by atoms with Crippen molar-refractivity contribution in [1.29, 1.82) is 0 Å². The van der Waals surface area contributed by atoms with Gasteiger partial charge in [0.15, 0.2) is 5.84 Å². The van der Waals surface area contributed by atoms with Crippen molar-refractivity contribution < 1.29 is 9.94 Å². The van der Waals surface area contributed by atoms with Crippen LogP contribution in [0.15, 0.2) is 47.6 Å². The van der Waals surface area contributed by atoms with Crippen molar-refractivity contribution in [3.05, 3.63) is 63.6 Å². The molecule has 0 aliphatic heterocycles. The Bertz CT molecular complexity index is 645. The summed E-state index contributed by atoms with van der Waals surface area (Å²) in [6, 6.07) is 12.3. The highest BCUT2D eigenvalue weighted by atomic mass is 35.5. The third-order valence-corrected chi connectivity index (χ3v) is 3.54. The Kier molecular flexibility index (Phi) is 4.71. The van der Waals surface area contributed by atoms with Crippen LogP contribution in [0.1, 0.15) is 11.1 Å². The molecule has 0 atom stereocenters. The van der Waals surface area contributed by atoms with Gasteiger partial charge in [-0.2, -0.15) is 0 Å². The first kappa shape index (κ1) is 14.5. The number of oxime groups is 1. The maximum Gasteiger partial charge on any atom is 0.173 e. The Morgan fingerprint density at radius 3 is 2.65 bits per heavy atom. The molecular formula is C14H12Cl2N2O2. The van der Waals surface area contributed by atoms with Gasteiger partial charge >= 0.3 is 0 Å². The number of rotatable bonds is 4. The molecule has 0 saturated heterocycles. The lowest BCUT2D eigenvalue weighted by atomic mass is 10.2. The second-order valence-corrected chi connectivity index (χ2v) is 4.77. The molecule has 104 valence electrons. The molecule has 6 heteroatoms. The number of benzene rings is 2. The smallest absolute Gasteiger partial charge is 0.173 e. The van der Waals surface area contributed by atoms with Crippen molar-refractivity contribution in [2.45, 2.75) is 6.61 Å². The summed E-state index contributed by atoms with van der Waals surface area (Å²) in [5.41, 5.74) is 6.86. The monoisotopic (exact) mass is 310 g/mol. The van der Waals surface area contributed by atoms with Gasteiger partial charge < -0.3 is 15.7 Å². The van der Waals surface area contributed by atoms with Crippen molar-refractivity contribution in [3.8, 4) is 5.75 Å². The van der Waals surface area contributed by atoms with Gasteiger partial charge in [-0.25, -0.2) is 0 Å². The molecule has 0 bridgehead atoms. The van der Waals surface area contributed by atoms with Gasteiger partial charge in [-0.15, -0.1) is 0 Å². The van der Waals surface area contributed by atoms with E-state index >= 15 is 0 Å². The van der Waals surface area contributed by atoms with E-state index in [9.17, 15) is 0 Å². The van der Waals surface area contributed by atoms with E-state index in [0.29, 0.717) is 21.4 Å². The first-order valence-corrected chi connectivity index (χ1v) is 6.51. The molecule has 0 amide bonds. The van der Waals surface area contributed by atoms with Crippen LogP contribution in [0, 0.1) is 0 Å². The van der Waals surface area contributed by atoms with Gasteiger partial charge in [0.2, 0.25) is 0 Å². The second-order valence-electron chi connectivity index (χ2n) is 3.98. The Balaban J connectivity index is 2.21. The lowest BCUT2D eigenvalue weighted by molar-refractivity contribution is 0.303. The number of amidine groups is 1. The molecule has 0 radical (unpaired) electrons. The summed E-state index contributed by atoms with van der Waals surface area (Å²) in [5.74, 6) is 0.483. The molecule has 0 spiro atoms. The average molecular weight is 311 g/mol. The first-order valence-electron chi connectivity index (χ1n) is 5.76. The number of hydrogen-bond donors (Lipinski definition) is 2. The molecule has 4 nitrogen and oxygen atoms in total. The zero-order chi connectivity index (χ0) is 14.5. The van der Waals surface area contributed by atoms with Gasteiger partial charge in [-0.3, -0.25) is 0 Å². The van der Waals surface area contributed by atoms with Crippen molar-refractivity contribution in [2.24, 2.45) is 10.9 Å². The van der Waals surface area contributed by atoms with E-state index in [2.05, 4.69) is 5.16 Å². The molecule has 0 aliphatic rings. The van der Waals surface area contributed by atoms with Gasteiger partial charge in [0.05, 0.1) is 15.6 Å². The Morgan fingerprint density at radius 1 is 1.15 bits per heavy atom. The highest BCUT2D eigenvalue weighted by Gasteiger charge is 2.09. The molecule has 0 aromatic heterocycles. The third-order valence-electron chi connectivity index (χ3n) is 2.69. The van der Waals surface area contributed by atoms with E-state index < -0.39 is 0 Å². The highest BCUT2D eigenvalue weighted by molar-refractivity contribution is 6.42. The minimum absolute atomic E-state index is 0.0159. The van der Waals surface area contributed by atoms with Gasteiger partial charge in [-0.1, -0.05) is 52.6 Å². The fraction of sp³-hybridized carbons (Fsp3) is 0.0714. The predicted octanol–water partition coefficient (Wildman–Crippen LogP) is 3.67. The first-order chi connectivity index (χ1) is 9.63. The van der Waals surface area contributed by atoms with E-state index in [4.69, 9.17) is 38.9 Å². The molecule has 2 aromatic carbocycles. The number of para-hydroxylation sites is 1. The summed E-state index contributed by atoms with van der Waals surface area (Å²) in [6.07, 6.45) is 0. The maximum absolute atomic E-state index is 8.75. The molecule has 0 aliphatic carbocycles. The Hall–Kier alpha value is -1.91. The largest absolute Gasteiger partial charge is 0.488 e. The standard InChI is InChI=1S/C14H12Cl2N2O2/c15-11-6-3-4-9(13(11)16)8-20-12-7-2-1-5-10(12)14(17)18-19/h1-7,19H,8H2,(H2,17,18). The molecule has 2 aromatic rings. The SMILES string of the molecule is N/C(=N/O)c1ccccc1OCc1cccc(Cl)c1Cl. The summed E-state index contributed by atoms with van der Waals surface area (Å²) in [5, 5.41) is 12.6. The van der Waals surface area contributed by atoms with Gasteiger partial charge in [0.1, 0.15) is 12.4 Å². The summed E-state index contributed by atoms with van der Waals surface area (Å²) in [7, 11) is 0. The van der Waals surface area contributed by atoms with Crippen LogP contribution in [-0.2, 0) is 6.61 Å². The van der Waals surface area contributed by atoms with E-state index in [-0.39, 0.29) is 12.4 Å². The lowest BCUT2D eigenvalue weighted by Gasteiger charge is -2.11. The van der Waals surface area contributed by atoms with Crippen LogP contribution >= 0.6 is 23.2 Å². The number of nitrogens with two attached hydrogens (primary N) is 1. The molecule has 0 fully saturated rings. The van der Waals surface area contributed by atoms with Crippen molar-refractivity contribution in [2.75, 3.05) is 0 Å². The van der Waals surface area contributed by atoms with Gasteiger partial charge in [0, 0.05) is 5.56 Å². The fourth-order valence-electron chi connectivity index (χ4n) is 1.67. The van der Waals surface area contributed by atoms with Crippen molar-refractivity contribution in [1.82, 2.24) is 0 Å². The predicted molar refractivity (Wildman–Crippen MR) is 79.7 cm³/mol. The van der Waals surface area contributed by atoms with E-state index in [1.165, 1.54) is 0 Å². The number of halogens is 2. The summed E-state index contributed by atoms with van der Waals surface area (Å²) >= 11 is 12.0. The lowest BCUT2D eigenvalue weighted by Crippen LogP contribution is -2.14. The van der Waals surface area contributed by atoms with Crippen molar-refractivity contribution >= 4 is 29.0 Å². The molecule has 0 heterocycles. The zero-order valence-corrected chi connectivity index (χ0v) is 11.9. The topological polar surface area (TPSA) is 67.8 Å². The Labute approximate surface area is 126 Å². The van der Waals surface area contributed by atoms with E-state index in [1.807, 2.05) is 6.07 Å². The fourth-order valence-corrected chi connectivity index (χ4v) is 2.05. The average Bonchev–Trinajstić information content (AvgIpc) is 2.48. The van der Waals surface area contributed by atoms with Crippen LogP contribution in [0.5, 0.6) is 5.75 Å². The van der Waals surface area contributed by atoms with E-state index in [1.54, 1.807) is 36.4 Å². The van der Waals surface area contributed by atoms with Gasteiger partial charge in [0.25, 0.3) is 0 Å². The minimum Gasteiger partial charge on any atom is -0.488 e. The van der Waals surface area contributed by atoms with E-state index in [0.717, 1.165) is 5.56 Å². The van der Waals surface area contributed by atoms with Crippen molar-refractivity contribution in [3.63, 3.8) is 0 Å². The second kappa shape index (κ2) is 6.50. The highest BCUT2D eigenvalue weighted by Crippen LogP contribution is 2.27. The van der Waals surface area contributed by atoms with Crippen LogP contribution in [0.3, 0.4) is 0 Å². The minimum atomic E-state index is -0.0159. The van der Waals surface area contributed by atoms with Crippen LogP contribution in [0.2, 0.25) is 10.0 Å². The summed E-state index contributed by atoms with van der Waals surface area (Å²) in [4.78, 5) is 0. The quantitative estimate of drug-likeness (QED) is 0.392. The molecule has 2 rings (SSSR count). The normalized spacial score (nSPS) is 11.4. The molecule has 0 unspecified atom stereocenters. The molecule has 0 saturated carbocycles.